The third-order valence-corrected chi connectivity index (χ3v) is 5.03. The third-order valence-electron chi connectivity index (χ3n) is 5.03. The Labute approximate surface area is 188 Å². The number of esters is 1. The fourth-order valence-electron chi connectivity index (χ4n) is 3.16. The molecule has 0 fully saturated rings. The molecule has 10 heteroatoms. The van der Waals surface area contributed by atoms with Gasteiger partial charge in [0.2, 0.25) is 0 Å². The number of amides is 1. The molecule has 1 atom stereocenters. The van der Waals surface area contributed by atoms with Crippen molar-refractivity contribution in [2.24, 2.45) is 7.05 Å². The number of aryl methyl sites for hydroxylation is 2. The van der Waals surface area contributed by atoms with E-state index in [1.807, 2.05) is 0 Å². The maximum atomic E-state index is 13.0. The molecule has 0 spiro atoms. The van der Waals surface area contributed by atoms with Crippen LogP contribution in [0.2, 0.25) is 0 Å². The van der Waals surface area contributed by atoms with Gasteiger partial charge in [0, 0.05) is 12.7 Å². The van der Waals surface area contributed by atoms with E-state index in [4.69, 9.17) is 4.74 Å². The third kappa shape index (κ3) is 5.51. The summed E-state index contributed by atoms with van der Waals surface area (Å²) < 4.78 is 45.9. The molecule has 0 radical (unpaired) electrons. The first-order valence-corrected chi connectivity index (χ1v) is 10.0. The zero-order valence-corrected chi connectivity index (χ0v) is 18.4. The highest BCUT2D eigenvalue weighted by Crippen LogP contribution is 2.32. The van der Waals surface area contributed by atoms with E-state index >= 15 is 0 Å². The van der Waals surface area contributed by atoms with E-state index in [0.29, 0.717) is 11.4 Å². The Hall–Kier alpha value is -3.82. The van der Waals surface area contributed by atoms with Crippen molar-refractivity contribution in [1.82, 2.24) is 9.78 Å². The first-order chi connectivity index (χ1) is 15.5. The van der Waals surface area contributed by atoms with Crippen molar-refractivity contribution in [2.45, 2.75) is 33.1 Å². The Morgan fingerprint density at radius 1 is 1.09 bits per heavy atom. The van der Waals surface area contributed by atoms with Crippen molar-refractivity contribution in [3.05, 3.63) is 71.0 Å². The zero-order valence-electron chi connectivity index (χ0n) is 18.4. The number of halogens is 3. The Balaban J connectivity index is 1.74. The van der Waals surface area contributed by atoms with Gasteiger partial charge in [0.25, 0.3) is 5.91 Å². The SMILES string of the molecule is Cc1nn(C)c(C)c1NC(=O)C(C)OC(=O)c1ccccc1Nc1cccc(C(F)(F)F)c1. The summed E-state index contributed by atoms with van der Waals surface area (Å²) >= 11 is 0. The number of nitrogens with zero attached hydrogens (tertiary/aromatic N) is 2. The number of aromatic nitrogens is 2. The largest absolute Gasteiger partial charge is 0.449 e. The normalized spacial score (nSPS) is 12.2. The van der Waals surface area contributed by atoms with Crippen molar-refractivity contribution in [3.63, 3.8) is 0 Å². The molecule has 1 unspecified atom stereocenters. The number of carbonyl (C=O) groups is 2. The number of hydrogen-bond donors (Lipinski definition) is 2. The lowest BCUT2D eigenvalue weighted by Crippen LogP contribution is -2.30. The first-order valence-electron chi connectivity index (χ1n) is 10.0. The summed E-state index contributed by atoms with van der Waals surface area (Å²) in [6.07, 6.45) is -5.62. The summed E-state index contributed by atoms with van der Waals surface area (Å²) in [6.45, 7) is 4.97. The van der Waals surface area contributed by atoms with Crippen LogP contribution in [-0.2, 0) is 22.8 Å². The average Bonchev–Trinajstić information content (AvgIpc) is 2.99. The van der Waals surface area contributed by atoms with Gasteiger partial charge in [0.05, 0.1) is 33.9 Å². The molecule has 3 aromatic rings. The van der Waals surface area contributed by atoms with Crippen LogP contribution in [0, 0.1) is 13.8 Å². The van der Waals surface area contributed by atoms with E-state index in [1.54, 1.807) is 37.7 Å². The van der Waals surface area contributed by atoms with Crippen LogP contribution < -0.4 is 10.6 Å². The highest BCUT2D eigenvalue weighted by Gasteiger charge is 2.30. The minimum Gasteiger partial charge on any atom is -0.449 e. The summed E-state index contributed by atoms with van der Waals surface area (Å²) in [5.41, 5.74) is 1.55. The second-order valence-corrected chi connectivity index (χ2v) is 7.46. The molecule has 1 heterocycles. The minimum atomic E-state index is -4.50. The molecule has 1 aromatic heterocycles. The van der Waals surface area contributed by atoms with Crippen molar-refractivity contribution < 1.29 is 27.5 Å². The molecular weight excluding hydrogens is 437 g/mol. The lowest BCUT2D eigenvalue weighted by molar-refractivity contribution is -0.137. The molecule has 1 amide bonds. The first kappa shape index (κ1) is 23.8. The molecule has 0 saturated carbocycles. The minimum absolute atomic E-state index is 0.0725. The van der Waals surface area contributed by atoms with Gasteiger partial charge >= 0.3 is 12.1 Å². The highest BCUT2D eigenvalue weighted by atomic mass is 19.4. The summed E-state index contributed by atoms with van der Waals surface area (Å²) in [5, 5.41) is 9.74. The number of para-hydroxylation sites is 1. The summed E-state index contributed by atoms with van der Waals surface area (Å²) in [7, 11) is 1.75. The van der Waals surface area contributed by atoms with E-state index in [9.17, 15) is 22.8 Å². The number of rotatable bonds is 6. The van der Waals surface area contributed by atoms with Crippen LogP contribution in [0.4, 0.5) is 30.2 Å². The van der Waals surface area contributed by atoms with E-state index in [-0.39, 0.29) is 16.9 Å². The molecular formula is C23H23F3N4O3. The van der Waals surface area contributed by atoms with Crippen LogP contribution in [0.5, 0.6) is 0 Å². The number of benzene rings is 2. The van der Waals surface area contributed by atoms with Gasteiger partial charge in [-0.2, -0.15) is 18.3 Å². The molecule has 2 N–H and O–H groups in total. The maximum Gasteiger partial charge on any atom is 0.416 e. The molecule has 3 rings (SSSR count). The zero-order chi connectivity index (χ0) is 24.3. The smallest absolute Gasteiger partial charge is 0.416 e. The van der Waals surface area contributed by atoms with Gasteiger partial charge in [-0.3, -0.25) is 9.48 Å². The Morgan fingerprint density at radius 2 is 1.79 bits per heavy atom. The van der Waals surface area contributed by atoms with Gasteiger partial charge in [0.15, 0.2) is 6.10 Å². The number of hydrogen-bond acceptors (Lipinski definition) is 5. The second-order valence-electron chi connectivity index (χ2n) is 7.46. The van der Waals surface area contributed by atoms with E-state index in [2.05, 4.69) is 15.7 Å². The van der Waals surface area contributed by atoms with Gasteiger partial charge in [-0.15, -0.1) is 0 Å². The molecule has 7 nitrogen and oxygen atoms in total. The Bertz CT molecular complexity index is 1190. The maximum absolute atomic E-state index is 13.0. The standard InChI is InChI=1S/C23H23F3N4O3/c1-13-20(14(2)30(4)29-13)28-21(31)15(3)33-22(32)18-10-5-6-11-19(18)27-17-9-7-8-16(12-17)23(24,25)26/h5-12,15,27H,1-4H3,(H,28,31). The fourth-order valence-corrected chi connectivity index (χ4v) is 3.16. The molecule has 0 aliphatic heterocycles. The Morgan fingerprint density at radius 3 is 2.42 bits per heavy atom. The number of alkyl halides is 3. The van der Waals surface area contributed by atoms with Crippen LogP contribution >= 0.6 is 0 Å². The van der Waals surface area contributed by atoms with Crippen molar-refractivity contribution >= 4 is 28.9 Å². The van der Waals surface area contributed by atoms with Gasteiger partial charge in [0.1, 0.15) is 0 Å². The lowest BCUT2D eigenvalue weighted by Gasteiger charge is -2.16. The van der Waals surface area contributed by atoms with Gasteiger partial charge in [-0.25, -0.2) is 4.79 Å². The average molecular weight is 460 g/mol. The van der Waals surface area contributed by atoms with Crippen LogP contribution in [0.25, 0.3) is 0 Å². The summed E-state index contributed by atoms with van der Waals surface area (Å²) in [5.74, 6) is -1.33. The predicted molar refractivity (Wildman–Crippen MR) is 117 cm³/mol. The summed E-state index contributed by atoms with van der Waals surface area (Å²) in [4.78, 5) is 25.3. The van der Waals surface area contributed by atoms with Crippen molar-refractivity contribution in [2.75, 3.05) is 10.6 Å². The molecule has 0 aliphatic carbocycles. The molecule has 174 valence electrons. The number of carbonyl (C=O) groups excluding carboxylic acids is 2. The Kier molecular flexibility index (Phi) is 6.75. The highest BCUT2D eigenvalue weighted by molar-refractivity contribution is 6.00. The van der Waals surface area contributed by atoms with Gasteiger partial charge in [-0.1, -0.05) is 18.2 Å². The van der Waals surface area contributed by atoms with Gasteiger partial charge < -0.3 is 15.4 Å². The van der Waals surface area contributed by atoms with Crippen LogP contribution in [0.15, 0.2) is 48.5 Å². The predicted octanol–water partition coefficient (Wildman–Crippen LogP) is 4.98. The van der Waals surface area contributed by atoms with Crippen molar-refractivity contribution in [3.8, 4) is 0 Å². The van der Waals surface area contributed by atoms with Crippen LogP contribution in [0.1, 0.15) is 34.2 Å². The lowest BCUT2D eigenvalue weighted by atomic mass is 10.1. The fraction of sp³-hybridized carbons (Fsp3) is 0.261. The second kappa shape index (κ2) is 9.35. The topological polar surface area (TPSA) is 85.2 Å². The number of ether oxygens (including phenoxy) is 1. The van der Waals surface area contributed by atoms with Gasteiger partial charge in [-0.05, 0) is 51.1 Å². The molecule has 2 aromatic carbocycles. The monoisotopic (exact) mass is 460 g/mol. The van der Waals surface area contributed by atoms with Crippen LogP contribution in [0.3, 0.4) is 0 Å². The molecule has 0 aliphatic rings. The van der Waals surface area contributed by atoms with E-state index < -0.39 is 29.7 Å². The quantitative estimate of drug-likeness (QED) is 0.507. The van der Waals surface area contributed by atoms with Crippen LogP contribution in [-0.4, -0.2) is 27.8 Å². The molecule has 0 saturated heterocycles. The number of nitrogens with one attached hydrogen (secondary N) is 2. The summed E-state index contributed by atoms with van der Waals surface area (Å²) in [6, 6.07) is 10.8. The van der Waals surface area contributed by atoms with Crippen molar-refractivity contribution in [1.29, 1.82) is 0 Å². The van der Waals surface area contributed by atoms with E-state index in [1.165, 1.54) is 31.2 Å². The van der Waals surface area contributed by atoms with E-state index in [0.717, 1.165) is 17.8 Å². The molecule has 33 heavy (non-hydrogen) atoms. The molecule has 0 bridgehead atoms. The number of anilines is 3.